The van der Waals surface area contributed by atoms with Crippen molar-refractivity contribution in [3.8, 4) is 11.1 Å². The molecule has 2 aromatic carbocycles. The Balaban J connectivity index is 1.62. The lowest BCUT2D eigenvalue weighted by Crippen LogP contribution is -2.50. The second kappa shape index (κ2) is 10.5. The topological polar surface area (TPSA) is 103 Å². The Morgan fingerprint density at radius 3 is 2.06 bits per heavy atom. The second-order valence-corrected chi connectivity index (χ2v) is 8.80. The minimum atomic E-state index is -1.02. The molecule has 8 heteroatoms. The number of hydrogen-bond donors (Lipinski definition) is 2. The van der Waals surface area contributed by atoms with Crippen molar-refractivity contribution in [2.75, 3.05) is 26.9 Å². The van der Waals surface area contributed by atoms with Gasteiger partial charge < -0.3 is 24.8 Å². The van der Waals surface area contributed by atoms with Crippen molar-refractivity contribution < 1.29 is 28.6 Å². The van der Waals surface area contributed by atoms with E-state index in [2.05, 4.69) is 22.8 Å². The van der Waals surface area contributed by atoms with E-state index in [-0.39, 0.29) is 25.7 Å². The number of alkyl carbamates (subject to hydrolysis) is 2. The van der Waals surface area contributed by atoms with E-state index in [0.29, 0.717) is 0 Å². The number of hydrogen-bond acceptors (Lipinski definition) is 6. The van der Waals surface area contributed by atoms with Crippen LogP contribution in [0.25, 0.3) is 11.1 Å². The molecular formula is C25H30N2O6. The highest BCUT2D eigenvalue weighted by atomic mass is 16.6. The summed E-state index contributed by atoms with van der Waals surface area (Å²) in [5.41, 5.74) is 3.74. The molecule has 1 aliphatic rings. The summed E-state index contributed by atoms with van der Waals surface area (Å²) in [5, 5.41) is 5.03. The van der Waals surface area contributed by atoms with Crippen LogP contribution in [0.2, 0.25) is 0 Å². The van der Waals surface area contributed by atoms with Gasteiger partial charge in [-0.3, -0.25) is 4.79 Å². The summed E-state index contributed by atoms with van der Waals surface area (Å²) in [6.45, 7) is 4.94. The molecule has 2 aromatic rings. The van der Waals surface area contributed by atoms with Gasteiger partial charge in [-0.05, 0) is 43.0 Å². The number of nitrogens with one attached hydrogen (secondary N) is 2. The standard InChI is InChI=1S/C25H30N2O6/c1-25(2,3)33-23(29)26-13-21(22(28)15-31-4)27-24(30)32-14-20-18-11-7-5-9-16(18)17-10-6-8-12-19(17)20/h5-12,20-21H,13-15H2,1-4H3,(H,26,29)(H,27,30)/t21-/m0/s1. The van der Waals surface area contributed by atoms with Crippen molar-refractivity contribution in [2.24, 2.45) is 0 Å². The first-order valence-corrected chi connectivity index (χ1v) is 10.8. The summed E-state index contributed by atoms with van der Waals surface area (Å²) in [4.78, 5) is 36.9. The van der Waals surface area contributed by atoms with Crippen LogP contribution < -0.4 is 10.6 Å². The third-order valence-electron chi connectivity index (χ3n) is 5.16. The van der Waals surface area contributed by atoms with Crippen molar-refractivity contribution >= 4 is 18.0 Å². The Kier molecular flexibility index (Phi) is 7.71. The molecule has 1 atom stereocenters. The van der Waals surface area contributed by atoms with Crippen LogP contribution in [0.4, 0.5) is 9.59 Å². The first-order chi connectivity index (χ1) is 15.7. The summed E-state index contributed by atoms with van der Waals surface area (Å²) in [5.74, 6) is -0.502. The van der Waals surface area contributed by atoms with E-state index in [9.17, 15) is 14.4 Å². The van der Waals surface area contributed by atoms with Crippen LogP contribution in [-0.2, 0) is 19.0 Å². The van der Waals surface area contributed by atoms with Gasteiger partial charge in [0, 0.05) is 19.6 Å². The first-order valence-electron chi connectivity index (χ1n) is 10.8. The van der Waals surface area contributed by atoms with Crippen molar-refractivity contribution in [3.63, 3.8) is 0 Å². The molecule has 0 bridgehead atoms. The van der Waals surface area contributed by atoms with Gasteiger partial charge >= 0.3 is 12.2 Å². The van der Waals surface area contributed by atoms with Crippen LogP contribution in [0.3, 0.4) is 0 Å². The number of carbonyl (C=O) groups is 3. The summed E-state index contributed by atoms with van der Waals surface area (Å²) in [6, 6.07) is 15.0. The predicted octanol–water partition coefficient (Wildman–Crippen LogP) is 3.63. The van der Waals surface area contributed by atoms with Gasteiger partial charge in [-0.1, -0.05) is 48.5 Å². The molecule has 0 aliphatic heterocycles. The van der Waals surface area contributed by atoms with Gasteiger partial charge in [-0.2, -0.15) is 0 Å². The highest BCUT2D eigenvalue weighted by Gasteiger charge is 2.30. The quantitative estimate of drug-likeness (QED) is 0.631. The van der Waals surface area contributed by atoms with E-state index in [1.165, 1.54) is 7.11 Å². The van der Waals surface area contributed by atoms with Crippen LogP contribution in [0.5, 0.6) is 0 Å². The Labute approximate surface area is 193 Å². The first kappa shape index (κ1) is 24.3. The number of ketones is 1. The van der Waals surface area contributed by atoms with Gasteiger partial charge in [0.15, 0.2) is 5.78 Å². The normalized spacial score (nSPS) is 13.5. The minimum Gasteiger partial charge on any atom is -0.449 e. The third-order valence-corrected chi connectivity index (χ3v) is 5.16. The van der Waals surface area contributed by atoms with Crippen LogP contribution in [-0.4, -0.2) is 56.5 Å². The molecule has 176 valence electrons. The zero-order valence-corrected chi connectivity index (χ0v) is 19.3. The van der Waals surface area contributed by atoms with Gasteiger partial charge in [0.1, 0.15) is 24.9 Å². The molecule has 1 aliphatic carbocycles. The Bertz CT molecular complexity index is 968. The number of amides is 2. The molecule has 2 amide bonds. The Morgan fingerprint density at radius 2 is 1.52 bits per heavy atom. The van der Waals surface area contributed by atoms with Crippen molar-refractivity contribution in [1.29, 1.82) is 0 Å². The highest BCUT2D eigenvalue weighted by Crippen LogP contribution is 2.44. The summed E-state index contributed by atoms with van der Waals surface area (Å²) in [7, 11) is 1.38. The zero-order chi connectivity index (χ0) is 24.0. The molecule has 0 spiro atoms. The van der Waals surface area contributed by atoms with Gasteiger partial charge in [0.25, 0.3) is 0 Å². The average molecular weight is 455 g/mol. The fourth-order valence-electron chi connectivity index (χ4n) is 3.77. The van der Waals surface area contributed by atoms with E-state index in [1.807, 2.05) is 36.4 Å². The minimum absolute atomic E-state index is 0.101. The molecule has 3 rings (SSSR count). The van der Waals surface area contributed by atoms with Crippen molar-refractivity contribution in [2.45, 2.75) is 38.3 Å². The molecule has 0 fully saturated rings. The number of ether oxygens (including phenoxy) is 3. The molecule has 0 radical (unpaired) electrons. The second-order valence-electron chi connectivity index (χ2n) is 8.80. The number of carbonyl (C=O) groups excluding carboxylic acids is 3. The monoisotopic (exact) mass is 454 g/mol. The number of methoxy groups -OCH3 is 1. The van der Waals surface area contributed by atoms with Crippen LogP contribution >= 0.6 is 0 Å². The molecule has 0 unspecified atom stereocenters. The van der Waals surface area contributed by atoms with E-state index < -0.39 is 29.6 Å². The van der Waals surface area contributed by atoms with Gasteiger partial charge in [0.2, 0.25) is 0 Å². The highest BCUT2D eigenvalue weighted by molar-refractivity contribution is 5.89. The third kappa shape index (κ3) is 6.32. The average Bonchev–Trinajstić information content (AvgIpc) is 3.08. The smallest absolute Gasteiger partial charge is 0.407 e. The fraction of sp³-hybridized carbons (Fsp3) is 0.400. The number of fused-ring (bicyclic) bond motifs is 3. The van der Waals surface area contributed by atoms with E-state index in [1.54, 1.807) is 20.8 Å². The Hall–Kier alpha value is -3.39. The van der Waals surface area contributed by atoms with E-state index in [4.69, 9.17) is 14.2 Å². The largest absolute Gasteiger partial charge is 0.449 e. The summed E-state index contributed by atoms with van der Waals surface area (Å²) >= 11 is 0. The lowest BCUT2D eigenvalue weighted by molar-refractivity contribution is -0.124. The molecule has 2 N–H and O–H groups in total. The van der Waals surface area contributed by atoms with Crippen molar-refractivity contribution in [3.05, 3.63) is 59.7 Å². The molecular weight excluding hydrogens is 424 g/mol. The maximum atomic E-state index is 12.5. The number of benzene rings is 2. The fourth-order valence-corrected chi connectivity index (χ4v) is 3.77. The number of rotatable bonds is 8. The molecule has 0 heterocycles. The Morgan fingerprint density at radius 1 is 0.939 bits per heavy atom. The lowest BCUT2D eigenvalue weighted by Gasteiger charge is -2.22. The van der Waals surface area contributed by atoms with Crippen LogP contribution in [0.1, 0.15) is 37.8 Å². The zero-order valence-electron chi connectivity index (χ0n) is 19.3. The van der Waals surface area contributed by atoms with Crippen LogP contribution in [0.15, 0.2) is 48.5 Å². The molecule has 33 heavy (non-hydrogen) atoms. The molecule has 8 nitrogen and oxygen atoms in total. The predicted molar refractivity (Wildman–Crippen MR) is 123 cm³/mol. The number of Topliss-reactive ketones (excluding diaryl/α,β-unsaturated/α-hetero) is 1. The summed E-state index contributed by atoms with van der Waals surface area (Å²) < 4.78 is 15.6. The molecule has 0 saturated carbocycles. The maximum absolute atomic E-state index is 12.5. The van der Waals surface area contributed by atoms with E-state index >= 15 is 0 Å². The van der Waals surface area contributed by atoms with E-state index in [0.717, 1.165) is 22.3 Å². The van der Waals surface area contributed by atoms with Gasteiger partial charge in [-0.25, -0.2) is 9.59 Å². The molecule has 0 saturated heterocycles. The van der Waals surface area contributed by atoms with Gasteiger partial charge in [-0.15, -0.1) is 0 Å². The lowest BCUT2D eigenvalue weighted by atomic mass is 9.98. The molecule has 0 aromatic heterocycles. The van der Waals surface area contributed by atoms with Crippen LogP contribution in [0, 0.1) is 0 Å². The van der Waals surface area contributed by atoms with Crippen molar-refractivity contribution in [1.82, 2.24) is 10.6 Å². The summed E-state index contributed by atoms with van der Waals surface area (Å²) in [6.07, 6.45) is -1.44. The maximum Gasteiger partial charge on any atom is 0.407 e. The van der Waals surface area contributed by atoms with Gasteiger partial charge in [0.05, 0.1) is 0 Å². The SMILES string of the molecule is COCC(=O)[C@H](CNC(=O)OC(C)(C)C)NC(=O)OCC1c2ccccc2-c2ccccc21.